The highest BCUT2D eigenvalue weighted by Crippen LogP contribution is 2.61. The minimum atomic E-state index is -2.31. The molecule has 4 rings (SSSR count). The van der Waals surface area contributed by atoms with E-state index in [-0.39, 0.29) is 12.0 Å². The summed E-state index contributed by atoms with van der Waals surface area (Å²) in [4.78, 5) is 1.59. The van der Waals surface area contributed by atoms with Crippen molar-refractivity contribution in [1.29, 1.82) is 0 Å². The summed E-state index contributed by atoms with van der Waals surface area (Å²) in [6.45, 7) is 0.167. The molecule has 4 saturated carbocycles. The number of aliphatic hydroxyl groups excluding tert-OH is 1. The maximum absolute atomic E-state index is 12.4. The highest BCUT2D eigenvalue weighted by atomic mass is 19.3. The Kier molecular flexibility index (Phi) is 3.59. The summed E-state index contributed by atoms with van der Waals surface area (Å²) < 4.78 is 24.7. The molecule has 110 valence electrons. The van der Waals surface area contributed by atoms with Crippen molar-refractivity contribution in [3.05, 3.63) is 0 Å². The number of alkyl halides is 2. The van der Waals surface area contributed by atoms with Crippen LogP contribution in [-0.2, 0) is 0 Å². The van der Waals surface area contributed by atoms with Gasteiger partial charge in [-0.2, -0.15) is 0 Å². The lowest BCUT2D eigenvalue weighted by Crippen LogP contribution is -2.54. The van der Waals surface area contributed by atoms with Gasteiger partial charge in [0, 0.05) is 6.54 Å². The smallest absolute Gasteiger partial charge is 0.251 e. The van der Waals surface area contributed by atoms with E-state index < -0.39 is 12.5 Å². The number of aliphatic hydroxyl groups is 1. The highest BCUT2D eigenvalue weighted by molar-refractivity contribution is 5.04. The van der Waals surface area contributed by atoms with Crippen LogP contribution in [0.4, 0.5) is 8.78 Å². The Morgan fingerprint density at radius 1 is 1.05 bits per heavy atom. The van der Waals surface area contributed by atoms with Gasteiger partial charge in [-0.05, 0) is 68.7 Å². The van der Waals surface area contributed by atoms with Crippen LogP contribution in [0.15, 0.2) is 0 Å². The number of hydrogen-bond acceptors (Lipinski definition) is 2. The normalized spacial score (nSPS) is 42.3. The molecule has 1 unspecified atom stereocenters. The van der Waals surface area contributed by atoms with E-state index in [9.17, 15) is 13.9 Å². The van der Waals surface area contributed by atoms with Crippen LogP contribution in [0, 0.1) is 23.2 Å². The third-order valence-corrected chi connectivity index (χ3v) is 5.73. The molecule has 0 heterocycles. The molecular formula is C15H25F2NO. The number of halogens is 2. The van der Waals surface area contributed by atoms with E-state index in [0.29, 0.717) is 6.54 Å². The number of rotatable bonds is 5. The quantitative estimate of drug-likeness (QED) is 0.832. The highest BCUT2D eigenvalue weighted by Gasteiger charge is 2.53. The summed E-state index contributed by atoms with van der Waals surface area (Å²) in [5.74, 6) is 2.38. The molecule has 4 heteroatoms. The lowest BCUT2D eigenvalue weighted by molar-refractivity contribution is -0.126. The van der Waals surface area contributed by atoms with Crippen molar-refractivity contribution in [3.63, 3.8) is 0 Å². The molecule has 4 bridgehead atoms. The van der Waals surface area contributed by atoms with Crippen LogP contribution in [0.25, 0.3) is 0 Å². The fraction of sp³-hybridized carbons (Fsp3) is 1.00. The fourth-order valence-corrected chi connectivity index (χ4v) is 5.38. The van der Waals surface area contributed by atoms with Crippen LogP contribution in [-0.4, -0.2) is 42.7 Å². The Morgan fingerprint density at radius 2 is 1.53 bits per heavy atom. The topological polar surface area (TPSA) is 23.5 Å². The first-order valence-corrected chi connectivity index (χ1v) is 7.61. The SMILES string of the molecule is CN(CC(F)F)CC(O)C12CC3CC(CC(C3)C1)C2. The summed E-state index contributed by atoms with van der Waals surface area (Å²) in [5, 5.41) is 10.6. The van der Waals surface area contributed by atoms with Crippen LogP contribution in [0.3, 0.4) is 0 Å². The molecule has 4 fully saturated rings. The first-order chi connectivity index (χ1) is 8.97. The van der Waals surface area contributed by atoms with Crippen molar-refractivity contribution in [3.8, 4) is 0 Å². The molecule has 2 nitrogen and oxygen atoms in total. The Balaban J connectivity index is 1.64. The summed E-state index contributed by atoms with van der Waals surface area (Å²) in [6, 6.07) is 0. The van der Waals surface area contributed by atoms with Crippen LogP contribution >= 0.6 is 0 Å². The summed E-state index contributed by atoms with van der Waals surface area (Å²) >= 11 is 0. The second-order valence-electron chi connectivity index (χ2n) is 7.41. The molecule has 1 N–H and O–H groups in total. The third-order valence-electron chi connectivity index (χ3n) is 5.73. The minimum Gasteiger partial charge on any atom is -0.391 e. The molecule has 0 radical (unpaired) electrons. The van der Waals surface area contributed by atoms with Crippen molar-refractivity contribution >= 4 is 0 Å². The molecular weight excluding hydrogens is 248 g/mol. The van der Waals surface area contributed by atoms with E-state index in [2.05, 4.69) is 0 Å². The van der Waals surface area contributed by atoms with E-state index in [0.717, 1.165) is 37.0 Å². The van der Waals surface area contributed by atoms with Crippen LogP contribution in [0.2, 0.25) is 0 Å². The monoisotopic (exact) mass is 273 g/mol. The Labute approximate surface area is 114 Å². The van der Waals surface area contributed by atoms with Gasteiger partial charge in [-0.25, -0.2) is 8.78 Å². The third kappa shape index (κ3) is 2.66. The maximum Gasteiger partial charge on any atom is 0.251 e. The van der Waals surface area contributed by atoms with Gasteiger partial charge in [0.25, 0.3) is 6.43 Å². The van der Waals surface area contributed by atoms with Crippen molar-refractivity contribution in [2.24, 2.45) is 23.2 Å². The van der Waals surface area contributed by atoms with Gasteiger partial charge in [0.1, 0.15) is 0 Å². The first kappa shape index (κ1) is 13.7. The largest absolute Gasteiger partial charge is 0.391 e. The zero-order chi connectivity index (χ0) is 13.6. The van der Waals surface area contributed by atoms with Crippen molar-refractivity contribution in [2.45, 2.75) is 51.1 Å². The summed E-state index contributed by atoms with van der Waals surface area (Å²) in [6.07, 6.45) is 4.68. The molecule has 0 aliphatic heterocycles. The van der Waals surface area contributed by atoms with Gasteiger partial charge < -0.3 is 5.11 Å². The van der Waals surface area contributed by atoms with E-state index >= 15 is 0 Å². The van der Waals surface area contributed by atoms with Gasteiger partial charge in [0.15, 0.2) is 0 Å². The lowest BCUT2D eigenvalue weighted by Gasteiger charge is -2.58. The Morgan fingerprint density at radius 3 is 1.95 bits per heavy atom. The second kappa shape index (κ2) is 4.96. The van der Waals surface area contributed by atoms with Gasteiger partial charge in [-0.15, -0.1) is 0 Å². The van der Waals surface area contributed by atoms with Crippen molar-refractivity contribution < 1.29 is 13.9 Å². The van der Waals surface area contributed by atoms with E-state index in [1.165, 1.54) is 19.3 Å². The molecule has 1 atom stereocenters. The number of likely N-dealkylation sites (N-methyl/N-ethyl adjacent to an activating group) is 1. The van der Waals surface area contributed by atoms with Gasteiger partial charge in [-0.1, -0.05) is 0 Å². The second-order valence-corrected chi connectivity index (χ2v) is 7.41. The molecule has 0 aromatic rings. The predicted octanol–water partition coefficient (Wildman–Crippen LogP) is 2.76. The Hall–Kier alpha value is -0.220. The molecule has 0 spiro atoms. The van der Waals surface area contributed by atoms with Crippen molar-refractivity contribution in [1.82, 2.24) is 4.90 Å². The van der Waals surface area contributed by atoms with Gasteiger partial charge >= 0.3 is 0 Å². The fourth-order valence-electron chi connectivity index (χ4n) is 5.38. The van der Waals surface area contributed by atoms with Gasteiger partial charge in [0.2, 0.25) is 0 Å². The lowest BCUT2D eigenvalue weighted by atomic mass is 9.48. The standard InChI is InChI=1S/C15H25F2NO/c1-18(9-14(16)17)8-13(19)15-5-10-2-11(6-15)4-12(3-10)7-15/h10-14,19H,2-9H2,1H3. The number of hydrogen-bond donors (Lipinski definition) is 1. The maximum atomic E-state index is 12.4. The zero-order valence-electron chi connectivity index (χ0n) is 11.7. The molecule has 0 aromatic heterocycles. The van der Waals surface area contributed by atoms with Crippen LogP contribution in [0.1, 0.15) is 38.5 Å². The van der Waals surface area contributed by atoms with Crippen molar-refractivity contribution in [2.75, 3.05) is 20.1 Å². The van der Waals surface area contributed by atoms with E-state index in [1.807, 2.05) is 0 Å². The predicted molar refractivity (Wildman–Crippen MR) is 70.1 cm³/mol. The van der Waals surface area contributed by atoms with Gasteiger partial charge in [0.05, 0.1) is 12.6 Å². The van der Waals surface area contributed by atoms with Gasteiger partial charge in [-0.3, -0.25) is 4.90 Å². The number of nitrogens with zero attached hydrogens (tertiary/aromatic N) is 1. The van der Waals surface area contributed by atoms with Crippen LogP contribution < -0.4 is 0 Å². The molecule has 0 amide bonds. The molecule has 4 aliphatic carbocycles. The Bertz CT molecular complexity index is 299. The zero-order valence-corrected chi connectivity index (χ0v) is 11.7. The minimum absolute atomic E-state index is 0.0468. The molecule has 19 heavy (non-hydrogen) atoms. The molecule has 4 aliphatic rings. The van der Waals surface area contributed by atoms with E-state index in [1.54, 1.807) is 11.9 Å². The summed E-state index contributed by atoms with van der Waals surface area (Å²) in [5.41, 5.74) is 0.0468. The molecule has 0 saturated heterocycles. The molecule has 0 aromatic carbocycles. The first-order valence-electron chi connectivity index (χ1n) is 7.61. The average Bonchev–Trinajstić information content (AvgIpc) is 2.25. The van der Waals surface area contributed by atoms with E-state index in [4.69, 9.17) is 0 Å². The average molecular weight is 273 g/mol. The summed E-state index contributed by atoms with van der Waals surface area (Å²) in [7, 11) is 1.69. The van der Waals surface area contributed by atoms with Crippen LogP contribution in [0.5, 0.6) is 0 Å².